The second kappa shape index (κ2) is 5.83. The minimum atomic E-state index is 0.0283. The van der Waals surface area contributed by atoms with Crippen LogP contribution in [0.3, 0.4) is 0 Å². The molecule has 76 valence electrons. The van der Waals surface area contributed by atoms with Gasteiger partial charge in [0.1, 0.15) is 6.61 Å². The molecule has 0 aliphatic rings. The predicted molar refractivity (Wildman–Crippen MR) is 59.0 cm³/mol. The number of carbonyl (C=O) groups is 1. The monoisotopic (exact) mass is 210 g/mol. The summed E-state index contributed by atoms with van der Waals surface area (Å²) in [6.45, 7) is 2.26. The molecular weight excluding hydrogens is 196 g/mol. The van der Waals surface area contributed by atoms with E-state index in [1.807, 2.05) is 24.3 Å². The van der Waals surface area contributed by atoms with Gasteiger partial charge in [0.15, 0.2) is 5.78 Å². The lowest BCUT2D eigenvalue weighted by molar-refractivity contribution is 0.0848. The molecule has 0 heterocycles. The van der Waals surface area contributed by atoms with Gasteiger partial charge in [0.2, 0.25) is 0 Å². The zero-order valence-electron chi connectivity index (χ0n) is 8.45. The second-order valence-corrected chi connectivity index (χ2v) is 4.15. The third-order valence-electron chi connectivity index (χ3n) is 1.76. The van der Waals surface area contributed by atoms with Gasteiger partial charge in [-0.05, 0) is 17.9 Å². The summed E-state index contributed by atoms with van der Waals surface area (Å²) in [5.41, 5.74) is 0.715. The van der Waals surface area contributed by atoms with Crippen molar-refractivity contribution >= 4 is 17.5 Å². The van der Waals surface area contributed by atoms with Crippen LogP contribution in [0.25, 0.3) is 0 Å². The summed E-state index contributed by atoms with van der Waals surface area (Å²) >= 11 is 1.77. The Kier molecular flexibility index (Phi) is 4.70. The molecule has 0 saturated carbocycles. The molecule has 1 aromatic carbocycles. The number of benzene rings is 1. The molecule has 3 heteroatoms. The molecule has 14 heavy (non-hydrogen) atoms. The van der Waals surface area contributed by atoms with E-state index in [0.717, 1.165) is 5.75 Å². The highest BCUT2D eigenvalue weighted by Crippen LogP contribution is 2.17. The number of thioether (sulfide) groups is 1. The number of hydrogen-bond donors (Lipinski definition) is 0. The molecule has 0 saturated heterocycles. The van der Waals surface area contributed by atoms with Crippen molar-refractivity contribution in [3.05, 3.63) is 29.8 Å². The molecule has 0 radical (unpaired) electrons. The van der Waals surface area contributed by atoms with E-state index in [0.29, 0.717) is 5.56 Å². The van der Waals surface area contributed by atoms with Gasteiger partial charge in [-0.25, -0.2) is 0 Å². The number of rotatable bonds is 5. The van der Waals surface area contributed by atoms with Gasteiger partial charge in [-0.15, -0.1) is 11.8 Å². The molecule has 1 aromatic rings. The minimum Gasteiger partial charge on any atom is -0.377 e. The number of carbonyl (C=O) groups excluding carboxylic acids is 1. The molecule has 0 aromatic heterocycles. The van der Waals surface area contributed by atoms with Crippen LogP contribution in [-0.2, 0) is 4.74 Å². The predicted octanol–water partition coefficient (Wildman–Crippen LogP) is 2.63. The molecule has 0 spiro atoms. The largest absolute Gasteiger partial charge is 0.377 e. The van der Waals surface area contributed by atoms with Crippen LogP contribution >= 0.6 is 11.8 Å². The lowest BCUT2D eigenvalue weighted by atomic mass is 10.1. The van der Waals surface area contributed by atoms with Crippen molar-refractivity contribution in [3.63, 3.8) is 0 Å². The summed E-state index contributed by atoms with van der Waals surface area (Å²) < 4.78 is 4.78. The van der Waals surface area contributed by atoms with Gasteiger partial charge >= 0.3 is 0 Å². The average molecular weight is 210 g/mol. The van der Waals surface area contributed by atoms with Crippen LogP contribution in [0.4, 0.5) is 0 Å². The molecule has 2 nitrogen and oxygen atoms in total. The fourth-order valence-corrected chi connectivity index (χ4v) is 1.78. The van der Waals surface area contributed by atoms with Crippen LogP contribution in [0.2, 0.25) is 0 Å². The van der Waals surface area contributed by atoms with Gasteiger partial charge in [0.05, 0.1) is 0 Å². The van der Waals surface area contributed by atoms with Crippen molar-refractivity contribution in [2.24, 2.45) is 0 Å². The van der Waals surface area contributed by atoms with Gasteiger partial charge in [-0.1, -0.05) is 19.1 Å². The van der Waals surface area contributed by atoms with Gasteiger partial charge in [0.25, 0.3) is 0 Å². The van der Waals surface area contributed by atoms with Crippen molar-refractivity contribution in [2.45, 2.75) is 11.8 Å². The number of hydrogen-bond acceptors (Lipinski definition) is 3. The van der Waals surface area contributed by atoms with Crippen LogP contribution in [0, 0.1) is 0 Å². The number of methoxy groups -OCH3 is 1. The normalized spacial score (nSPS) is 10.1. The fraction of sp³-hybridized carbons (Fsp3) is 0.364. The first-order valence-corrected chi connectivity index (χ1v) is 5.51. The van der Waals surface area contributed by atoms with E-state index in [4.69, 9.17) is 4.74 Å². The summed E-state index contributed by atoms with van der Waals surface area (Å²) in [5.74, 6) is 1.08. The molecule has 0 bridgehead atoms. The lowest BCUT2D eigenvalue weighted by Crippen LogP contribution is -2.06. The quantitative estimate of drug-likeness (QED) is 0.552. The third-order valence-corrected chi connectivity index (χ3v) is 2.66. The van der Waals surface area contributed by atoms with Crippen LogP contribution in [0.15, 0.2) is 29.2 Å². The smallest absolute Gasteiger partial charge is 0.188 e. The average Bonchev–Trinajstić information content (AvgIpc) is 2.20. The van der Waals surface area contributed by atoms with E-state index in [-0.39, 0.29) is 12.4 Å². The zero-order chi connectivity index (χ0) is 10.4. The highest BCUT2D eigenvalue weighted by Gasteiger charge is 2.04. The Morgan fingerprint density at radius 2 is 2.00 bits per heavy atom. The molecule has 0 N–H and O–H groups in total. The first-order chi connectivity index (χ1) is 6.77. The minimum absolute atomic E-state index is 0.0283. The molecule has 0 aliphatic heterocycles. The first kappa shape index (κ1) is 11.3. The molecule has 0 unspecified atom stereocenters. The van der Waals surface area contributed by atoms with E-state index < -0.39 is 0 Å². The SMILES string of the molecule is CCSc1ccc(C(=O)COC)cc1. The van der Waals surface area contributed by atoms with Gasteiger partial charge in [-0.2, -0.15) is 0 Å². The van der Waals surface area contributed by atoms with Crippen molar-refractivity contribution in [1.82, 2.24) is 0 Å². The van der Waals surface area contributed by atoms with Crippen molar-refractivity contribution < 1.29 is 9.53 Å². The summed E-state index contributed by atoms with van der Waals surface area (Å²) in [6.07, 6.45) is 0. The van der Waals surface area contributed by atoms with Crippen LogP contribution < -0.4 is 0 Å². The molecule has 0 amide bonds. The summed E-state index contributed by atoms with van der Waals surface area (Å²) in [4.78, 5) is 12.6. The maximum Gasteiger partial charge on any atom is 0.188 e. The molecule has 0 fully saturated rings. The molecule has 1 rings (SSSR count). The number of ether oxygens (including phenoxy) is 1. The number of Topliss-reactive ketones (excluding diaryl/α,β-unsaturated/α-hetero) is 1. The van der Waals surface area contributed by atoms with E-state index in [1.165, 1.54) is 12.0 Å². The number of ketones is 1. The molecule has 0 aliphatic carbocycles. The van der Waals surface area contributed by atoms with Gasteiger partial charge in [0, 0.05) is 17.6 Å². The van der Waals surface area contributed by atoms with Crippen LogP contribution in [0.1, 0.15) is 17.3 Å². The maximum atomic E-state index is 11.4. The first-order valence-electron chi connectivity index (χ1n) is 4.53. The Balaban J connectivity index is 2.67. The zero-order valence-corrected chi connectivity index (χ0v) is 9.26. The second-order valence-electron chi connectivity index (χ2n) is 2.81. The fourth-order valence-electron chi connectivity index (χ4n) is 1.12. The van der Waals surface area contributed by atoms with E-state index in [1.54, 1.807) is 11.8 Å². The lowest BCUT2D eigenvalue weighted by Gasteiger charge is -2.01. The van der Waals surface area contributed by atoms with Crippen LogP contribution in [-0.4, -0.2) is 25.3 Å². The Morgan fingerprint density at radius 3 is 2.50 bits per heavy atom. The maximum absolute atomic E-state index is 11.4. The summed E-state index contributed by atoms with van der Waals surface area (Å²) in [5, 5.41) is 0. The van der Waals surface area contributed by atoms with E-state index in [2.05, 4.69) is 6.92 Å². The summed E-state index contributed by atoms with van der Waals surface area (Å²) in [6, 6.07) is 7.63. The Labute approximate surface area is 88.7 Å². The van der Waals surface area contributed by atoms with Crippen molar-refractivity contribution in [1.29, 1.82) is 0 Å². The standard InChI is InChI=1S/C11H14O2S/c1-3-14-10-6-4-9(5-7-10)11(12)8-13-2/h4-7H,3,8H2,1-2H3. The van der Waals surface area contributed by atoms with E-state index >= 15 is 0 Å². The molecular formula is C11H14O2S. The van der Waals surface area contributed by atoms with E-state index in [9.17, 15) is 4.79 Å². The highest BCUT2D eigenvalue weighted by atomic mass is 32.2. The van der Waals surface area contributed by atoms with Crippen LogP contribution in [0.5, 0.6) is 0 Å². The highest BCUT2D eigenvalue weighted by molar-refractivity contribution is 7.99. The van der Waals surface area contributed by atoms with Gasteiger partial charge < -0.3 is 4.74 Å². The molecule has 0 atom stereocenters. The Hall–Kier alpha value is -0.800. The summed E-state index contributed by atoms with van der Waals surface area (Å²) in [7, 11) is 1.53. The van der Waals surface area contributed by atoms with Gasteiger partial charge in [-0.3, -0.25) is 4.79 Å². The van der Waals surface area contributed by atoms with Crippen molar-refractivity contribution in [3.8, 4) is 0 Å². The Bertz CT molecular complexity index is 293. The topological polar surface area (TPSA) is 26.3 Å². The Morgan fingerprint density at radius 1 is 1.36 bits per heavy atom. The van der Waals surface area contributed by atoms with Crippen molar-refractivity contribution in [2.75, 3.05) is 19.5 Å². The third kappa shape index (κ3) is 3.16.